The Kier molecular flexibility index (Phi) is 5.61. The maximum atomic E-state index is 13.1. The van der Waals surface area contributed by atoms with Crippen molar-refractivity contribution in [2.45, 2.75) is 31.7 Å². The average Bonchev–Trinajstić information content (AvgIpc) is 2.99. The number of aliphatic imine (C=N–C) groups is 1. The van der Waals surface area contributed by atoms with E-state index in [1.165, 1.54) is 11.8 Å². The van der Waals surface area contributed by atoms with E-state index in [0.717, 1.165) is 15.6 Å². The molecule has 2 aliphatic rings. The molecule has 0 spiro atoms. The van der Waals surface area contributed by atoms with Crippen LogP contribution in [0.4, 0.5) is 0 Å². The summed E-state index contributed by atoms with van der Waals surface area (Å²) in [7, 11) is 0. The second-order valence-corrected chi connectivity index (χ2v) is 9.10. The summed E-state index contributed by atoms with van der Waals surface area (Å²) in [6.07, 6.45) is 0. The number of carbonyl (C=O) groups is 2. The lowest BCUT2D eigenvalue weighted by molar-refractivity contribution is -0.141. The van der Waals surface area contributed by atoms with Crippen LogP contribution < -0.4 is 0 Å². The normalized spacial score (nSPS) is 21.1. The molecule has 1 amide bonds. The van der Waals surface area contributed by atoms with Gasteiger partial charge in [-0.2, -0.15) is 0 Å². The minimum atomic E-state index is -0.562. The lowest BCUT2D eigenvalue weighted by Crippen LogP contribution is -2.40. The third kappa shape index (κ3) is 3.89. The van der Waals surface area contributed by atoms with Crippen molar-refractivity contribution in [1.29, 1.82) is 0 Å². The molecule has 4 rings (SSSR count). The number of allylic oxidation sites excluding steroid dienone is 1. The highest BCUT2D eigenvalue weighted by Gasteiger charge is 2.46. The first-order chi connectivity index (χ1) is 14.0. The topological polar surface area (TPSA) is 59.0 Å². The smallest absolute Gasteiger partial charge is 0.338 e. The van der Waals surface area contributed by atoms with Crippen LogP contribution in [-0.4, -0.2) is 27.2 Å². The number of esters is 1. The van der Waals surface area contributed by atoms with Gasteiger partial charge in [-0.25, -0.2) is 9.79 Å². The third-order valence-electron chi connectivity index (χ3n) is 4.86. The number of hydrogen-bond donors (Lipinski definition) is 0. The van der Waals surface area contributed by atoms with E-state index in [1.54, 1.807) is 11.8 Å². The van der Waals surface area contributed by atoms with E-state index in [-0.39, 0.29) is 17.8 Å². The van der Waals surface area contributed by atoms with Crippen molar-refractivity contribution in [3.05, 3.63) is 81.5 Å². The van der Waals surface area contributed by atoms with Crippen molar-refractivity contribution >= 4 is 44.7 Å². The number of hydrogen-bond acceptors (Lipinski definition) is 5. The fraction of sp³-hybridized carbons (Fsp3) is 0.227. The van der Waals surface area contributed by atoms with Crippen molar-refractivity contribution in [2.24, 2.45) is 4.99 Å². The van der Waals surface area contributed by atoms with Crippen molar-refractivity contribution in [3.63, 3.8) is 0 Å². The maximum Gasteiger partial charge on any atom is 0.338 e. The van der Waals surface area contributed by atoms with Gasteiger partial charge >= 0.3 is 5.97 Å². The predicted octanol–water partition coefficient (Wildman–Crippen LogP) is 4.84. The molecule has 0 aliphatic carbocycles. The van der Waals surface area contributed by atoms with E-state index in [2.05, 4.69) is 20.9 Å². The fourth-order valence-corrected chi connectivity index (χ4v) is 4.90. The Morgan fingerprint density at radius 2 is 1.97 bits per heavy atom. The Bertz CT molecular complexity index is 1040. The molecule has 0 saturated carbocycles. The van der Waals surface area contributed by atoms with Gasteiger partial charge in [0.25, 0.3) is 0 Å². The zero-order valence-corrected chi connectivity index (χ0v) is 18.4. The molecule has 5 nitrogen and oxygen atoms in total. The number of rotatable bonds is 4. The zero-order chi connectivity index (χ0) is 20.5. The summed E-state index contributed by atoms with van der Waals surface area (Å²) in [5, 5.41) is 0.389. The van der Waals surface area contributed by atoms with Gasteiger partial charge in [0.05, 0.1) is 22.6 Å². The highest BCUT2D eigenvalue weighted by Crippen LogP contribution is 2.43. The number of amides is 1. The summed E-state index contributed by atoms with van der Waals surface area (Å²) in [4.78, 5) is 32.2. The first kappa shape index (κ1) is 19.9. The van der Waals surface area contributed by atoms with Gasteiger partial charge in [0.1, 0.15) is 6.61 Å². The molecule has 2 aliphatic heterocycles. The molecular weight excluding hydrogens is 452 g/mol. The van der Waals surface area contributed by atoms with Crippen LogP contribution in [0.5, 0.6) is 0 Å². The van der Waals surface area contributed by atoms with Crippen LogP contribution in [0.3, 0.4) is 0 Å². The number of carbonyl (C=O) groups excluding carboxylic acids is 2. The van der Waals surface area contributed by atoms with Gasteiger partial charge in [0.2, 0.25) is 5.91 Å². The summed E-state index contributed by atoms with van der Waals surface area (Å²) in [5.74, 6) is -0.518. The Balaban J connectivity index is 1.72. The van der Waals surface area contributed by atoms with Crippen LogP contribution in [0.15, 0.2) is 75.3 Å². The quantitative estimate of drug-likeness (QED) is 0.599. The van der Waals surface area contributed by atoms with E-state index in [1.807, 2.05) is 61.5 Å². The van der Waals surface area contributed by atoms with Crippen LogP contribution >= 0.6 is 27.7 Å². The van der Waals surface area contributed by atoms with Gasteiger partial charge in [-0.15, -0.1) is 0 Å². The molecule has 2 heterocycles. The number of fused-ring (bicyclic) bond motifs is 1. The number of ether oxygens (including phenoxy) is 1. The summed E-state index contributed by atoms with van der Waals surface area (Å²) >= 11 is 4.91. The van der Waals surface area contributed by atoms with Gasteiger partial charge in [0.15, 0.2) is 5.17 Å². The minimum Gasteiger partial charge on any atom is -0.457 e. The van der Waals surface area contributed by atoms with Crippen LogP contribution in [0.25, 0.3) is 0 Å². The molecule has 1 fully saturated rings. The molecule has 2 aromatic carbocycles. The van der Waals surface area contributed by atoms with Crippen LogP contribution in [0.2, 0.25) is 0 Å². The van der Waals surface area contributed by atoms with E-state index in [0.29, 0.717) is 16.4 Å². The predicted molar refractivity (Wildman–Crippen MR) is 117 cm³/mol. The molecule has 7 heteroatoms. The van der Waals surface area contributed by atoms with Gasteiger partial charge in [-0.3, -0.25) is 9.69 Å². The molecule has 0 bridgehead atoms. The number of thioether (sulfide) groups is 1. The lowest BCUT2D eigenvalue weighted by Gasteiger charge is -2.33. The van der Waals surface area contributed by atoms with Crippen molar-refractivity contribution in [1.82, 2.24) is 4.90 Å². The summed E-state index contributed by atoms with van der Waals surface area (Å²) in [6, 6.07) is 16.6. The Hall–Kier alpha value is -2.38. The second kappa shape index (κ2) is 8.16. The molecule has 1 saturated heterocycles. The number of benzene rings is 2. The van der Waals surface area contributed by atoms with E-state index in [4.69, 9.17) is 4.74 Å². The van der Waals surface area contributed by atoms with Crippen LogP contribution in [0, 0.1) is 0 Å². The van der Waals surface area contributed by atoms with Crippen molar-refractivity contribution in [3.8, 4) is 0 Å². The SMILES string of the molecule is CC1=C(C(=O)OCc2ccccc2)[C@H](c2cccc(Br)c2)N2C(=O)[C@H](C)SC2=N1. The van der Waals surface area contributed by atoms with Crippen molar-refractivity contribution in [2.75, 3.05) is 0 Å². The Labute approximate surface area is 182 Å². The van der Waals surface area contributed by atoms with E-state index in [9.17, 15) is 9.59 Å². The minimum absolute atomic E-state index is 0.0559. The molecule has 0 aromatic heterocycles. The average molecular weight is 471 g/mol. The molecule has 2 atom stereocenters. The zero-order valence-electron chi connectivity index (χ0n) is 16.0. The van der Waals surface area contributed by atoms with Gasteiger partial charge < -0.3 is 4.74 Å². The first-order valence-electron chi connectivity index (χ1n) is 9.21. The van der Waals surface area contributed by atoms with E-state index < -0.39 is 12.0 Å². The largest absolute Gasteiger partial charge is 0.457 e. The highest BCUT2D eigenvalue weighted by molar-refractivity contribution is 9.10. The van der Waals surface area contributed by atoms with E-state index >= 15 is 0 Å². The van der Waals surface area contributed by atoms with Gasteiger partial charge in [-0.1, -0.05) is 70.2 Å². The summed E-state index contributed by atoms with van der Waals surface area (Å²) in [6.45, 7) is 3.81. The maximum absolute atomic E-state index is 13.1. The number of amidine groups is 1. The Morgan fingerprint density at radius 1 is 1.21 bits per heavy atom. The molecule has 2 aromatic rings. The van der Waals surface area contributed by atoms with Crippen LogP contribution in [-0.2, 0) is 20.9 Å². The molecule has 29 heavy (non-hydrogen) atoms. The third-order valence-corrected chi connectivity index (χ3v) is 6.40. The molecule has 0 N–H and O–H groups in total. The second-order valence-electron chi connectivity index (χ2n) is 6.88. The monoisotopic (exact) mass is 470 g/mol. The summed E-state index contributed by atoms with van der Waals surface area (Å²) in [5.41, 5.74) is 2.71. The lowest BCUT2D eigenvalue weighted by atomic mass is 9.94. The summed E-state index contributed by atoms with van der Waals surface area (Å²) < 4.78 is 6.48. The number of halogens is 1. The molecule has 148 valence electrons. The van der Waals surface area contributed by atoms with Gasteiger partial charge in [0, 0.05) is 4.47 Å². The van der Waals surface area contributed by atoms with Crippen molar-refractivity contribution < 1.29 is 14.3 Å². The van der Waals surface area contributed by atoms with Crippen LogP contribution in [0.1, 0.15) is 31.0 Å². The standard InChI is InChI=1S/C22H19BrN2O3S/c1-13-18(21(27)28-12-15-7-4-3-5-8-15)19(16-9-6-10-17(23)11-16)25-20(26)14(2)29-22(25)24-13/h3-11,14,19H,12H2,1-2H3/t14-,19-/m0/s1. The number of nitrogens with zero attached hydrogens (tertiary/aromatic N) is 2. The molecule has 0 radical (unpaired) electrons. The van der Waals surface area contributed by atoms with Gasteiger partial charge in [-0.05, 0) is 37.1 Å². The fourth-order valence-electron chi connectivity index (χ4n) is 3.46. The Morgan fingerprint density at radius 3 is 2.69 bits per heavy atom. The highest BCUT2D eigenvalue weighted by atomic mass is 79.9. The molecule has 0 unspecified atom stereocenters. The molecular formula is C22H19BrN2O3S. The first-order valence-corrected chi connectivity index (χ1v) is 10.9.